The van der Waals surface area contributed by atoms with Gasteiger partial charge in [-0.15, -0.1) is 0 Å². The maximum atomic E-state index is 13.5. The number of halogens is 3. The standard InChI is InChI=1S/C21H16F3N5O/c1-19(2)13-6-7-20(19,17-16(13)28-14(9-25)15(10-26)29-17)18(30)27-12-5-3-4-11(8-12)21(22,23)24/h3-5,8,13H,6-7H2,1-2H3,(H,27,30)/t13-,20-/m1/s1. The Morgan fingerprint density at radius 1 is 1.20 bits per heavy atom. The van der Waals surface area contributed by atoms with E-state index in [0.717, 1.165) is 12.1 Å². The Bertz CT molecular complexity index is 1160. The van der Waals surface area contributed by atoms with Crippen LogP contribution in [0, 0.1) is 28.1 Å². The van der Waals surface area contributed by atoms with Gasteiger partial charge in [0.25, 0.3) is 0 Å². The number of amides is 1. The third kappa shape index (κ3) is 2.51. The summed E-state index contributed by atoms with van der Waals surface area (Å²) >= 11 is 0. The number of rotatable bonds is 2. The molecule has 0 radical (unpaired) electrons. The summed E-state index contributed by atoms with van der Waals surface area (Å²) in [4.78, 5) is 22.1. The van der Waals surface area contributed by atoms with Crippen LogP contribution in [0.5, 0.6) is 0 Å². The van der Waals surface area contributed by atoms with E-state index in [1.807, 2.05) is 26.0 Å². The number of fused-ring (bicyclic) bond motifs is 5. The minimum Gasteiger partial charge on any atom is -0.325 e. The van der Waals surface area contributed by atoms with Gasteiger partial charge in [-0.1, -0.05) is 19.9 Å². The van der Waals surface area contributed by atoms with Gasteiger partial charge in [-0.05, 0) is 36.5 Å². The van der Waals surface area contributed by atoms with E-state index >= 15 is 0 Å². The summed E-state index contributed by atoms with van der Waals surface area (Å²) in [7, 11) is 0. The van der Waals surface area contributed by atoms with Gasteiger partial charge in [0.1, 0.15) is 12.1 Å². The molecule has 6 nitrogen and oxygen atoms in total. The van der Waals surface area contributed by atoms with Crippen molar-refractivity contribution in [2.75, 3.05) is 5.32 Å². The number of carbonyl (C=O) groups is 1. The molecule has 2 bridgehead atoms. The minimum atomic E-state index is -4.53. The second kappa shape index (κ2) is 6.27. The molecular formula is C21H16F3N5O. The molecule has 1 saturated carbocycles. The van der Waals surface area contributed by atoms with E-state index in [9.17, 15) is 28.5 Å². The van der Waals surface area contributed by atoms with E-state index in [1.54, 1.807) is 0 Å². The second-order valence-electron chi connectivity index (χ2n) is 8.13. The van der Waals surface area contributed by atoms with Gasteiger partial charge in [0, 0.05) is 11.6 Å². The Hall–Kier alpha value is -3.46. The molecule has 1 aromatic heterocycles. The van der Waals surface area contributed by atoms with Crippen molar-refractivity contribution in [2.24, 2.45) is 5.41 Å². The molecule has 0 spiro atoms. The Kier molecular flexibility index (Phi) is 4.14. The number of alkyl halides is 3. The van der Waals surface area contributed by atoms with Crippen LogP contribution in [0.4, 0.5) is 18.9 Å². The molecule has 1 N–H and O–H groups in total. The van der Waals surface area contributed by atoms with Crippen LogP contribution in [0.3, 0.4) is 0 Å². The van der Waals surface area contributed by atoms with Crippen molar-refractivity contribution >= 4 is 11.6 Å². The third-order valence-corrected chi connectivity index (χ3v) is 6.48. The molecule has 0 saturated heterocycles. The van der Waals surface area contributed by atoms with Gasteiger partial charge in [-0.25, -0.2) is 9.97 Å². The lowest BCUT2D eigenvalue weighted by Gasteiger charge is -2.36. The minimum absolute atomic E-state index is 0.0269. The van der Waals surface area contributed by atoms with Crippen LogP contribution in [-0.4, -0.2) is 15.9 Å². The fourth-order valence-electron chi connectivity index (χ4n) is 4.93. The summed E-state index contributed by atoms with van der Waals surface area (Å²) in [5.74, 6) is -0.636. The van der Waals surface area contributed by atoms with Crippen LogP contribution in [0.15, 0.2) is 24.3 Å². The first-order valence-electron chi connectivity index (χ1n) is 9.27. The number of hydrogen-bond donors (Lipinski definition) is 1. The SMILES string of the molecule is CC1(C)[C@@H]2CC[C@]1(C(=O)Nc1cccc(C(F)(F)F)c1)c1nc(C#N)c(C#N)nc12. The number of aromatic nitrogens is 2. The highest BCUT2D eigenvalue weighted by atomic mass is 19.4. The van der Waals surface area contributed by atoms with Crippen molar-refractivity contribution in [3.63, 3.8) is 0 Å². The Morgan fingerprint density at radius 3 is 2.50 bits per heavy atom. The first kappa shape index (κ1) is 19.8. The molecule has 2 aliphatic carbocycles. The first-order valence-corrected chi connectivity index (χ1v) is 9.27. The lowest BCUT2D eigenvalue weighted by molar-refractivity contribution is -0.137. The summed E-state index contributed by atoms with van der Waals surface area (Å²) < 4.78 is 39.1. The molecule has 0 aliphatic heterocycles. The molecule has 30 heavy (non-hydrogen) atoms. The molecular weight excluding hydrogens is 395 g/mol. The molecule has 9 heteroatoms. The van der Waals surface area contributed by atoms with Crippen LogP contribution in [0.25, 0.3) is 0 Å². The van der Waals surface area contributed by atoms with Crippen molar-refractivity contribution in [1.29, 1.82) is 10.5 Å². The van der Waals surface area contributed by atoms with E-state index in [2.05, 4.69) is 15.3 Å². The zero-order valence-electron chi connectivity index (χ0n) is 16.1. The largest absolute Gasteiger partial charge is 0.416 e. The zero-order chi connectivity index (χ0) is 21.9. The average molecular weight is 411 g/mol. The third-order valence-electron chi connectivity index (χ3n) is 6.48. The summed E-state index contributed by atoms with van der Waals surface area (Å²) in [5.41, 5.74) is -2.03. The predicted octanol–water partition coefficient (Wildman–Crippen LogP) is 4.03. The quantitative estimate of drug-likeness (QED) is 0.804. The smallest absolute Gasteiger partial charge is 0.325 e. The lowest BCUT2D eigenvalue weighted by Crippen LogP contribution is -2.46. The van der Waals surface area contributed by atoms with Crippen molar-refractivity contribution in [3.05, 3.63) is 52.6 Å². The highest BCUT2D eigenvalue weighted by molar-refractivity contribution is 6.01. The highest BCUT2D eigenvalue weighted by Gasteiger charge is 2.68. The van der Waals surface area contributed by atoms with E-state index < -0.39 is 28.5 Å². The van der Waals surface area contributed by atoms with Gasteiger partial charge < -0.3 is 5.32 Å². The van der Waals surface area contributed by atoms with Gasteiger partial charge >= 0.3 is 6.18 Å². The number of nitrogens with zero attached hydrogens (tertiary/aromatic N) is 4. The van der Waals surface area contributed by atoms with Crippen molar-refractivity contribution in [3.8, 4) is 12.1 Å². The normalized spacial score (nSPS) is 23.4. The second-order valence-corrected chi connectivity index (χ2v) is 8.13. The van der Waals surface area contributed by atoms with Gasteiger partial charge in [0.2, 0.25) is 5.91 Å². The number of benzene rings is 1. The molecule has 1 heterocycles. The van der Waals surface area contributed by atoms with Gasteiger partial charge in [-0.3, -0.25) is 4.79 Å². The average Bonchev–Trinajstić information content (AvgIpc) is 3.08. The summed E-state index contributed by atoms with van der Waals surface area (Å²) in [6.45, 7) is 3.77. The molecule has 4 rings (SSSR count). The van der Waals surface area contributed by atoms with Gasteiger partial charge in [0.15, 0.2) is 11.4 Å². The fraction of sp³-hybridized carbons (Fsp3) is 0.381. The maximum absolute atomic E-state index is 13.5. The van der Waals surface area contributed by atoms with Crippen LogP contribution >= 0.6 is 0 Å². The summed E-state index contributed by atoms with van der Waals surface area (Å²) in [5, 5.41) is 21.2. The molecule has 2 atom stereocenters. The van der Waals surface area contributed by atoms with Crippen LogP contribution in [0.1, 0.15) is 60.9 Å². The number of carbonyl (C=O) groups excluding carboxylic acids is 1. The Labute approximate surface area is 170 Å². The molecule has 0 unspecified atom stereocenters. The Morgan fingerprint density at radius 2 is 1.87 bits per heavy atom. The van der Waals surface area contributed by atoms with Crippen molar-refractivity contribution < 1.29 is 18.0 Å². The van der Waals surface area contributed by atoms with Crippen LogP contribution in [-0.2, 0) is 16.4 Å². The number of nitrogens with one attached hydrogen (secondary N) is 1. The van der Waals surface area contributed by atoms with Gasteiger partial charge in [0.05, 0.1) is 22.4 Å². The van der Waals surface area contributed by atoms with E-state index in [0.29, 0.717) is 24.2 Å². The Balaban J connectivity index is 1.80. The lowest BCUT2D eigenvalue weighted by atomic mass is 9.67. The topological polar surface area (TPSA) is 102 Å². The predicted molar refractivity (Wildman–Crippen MR) is 99.0 cm³/mol. The van der Waals surface area contributed by atoms with E-state index in [-0.39, 0.29) is 23.0 Å². The van der Waals surface area contributed by atoms with Gasteiger partial charge in [-0.2, -0.15) is 23.7 Å². The molecule has 152 valence electrons. The molecule has 2 aromatic rings. The molecule has 1 fully saturated rings. The zero-order valence-corrected chi connectivity index (χ0v) is 16.1. The van der Waals surface area contributed by atoms with Crippen molar-refractivity contribution in [1.82, 2.24) is 9.97 Å². The van der Waals surface area contributed by atoms with Crippen LogP contribution in [0.2, 0.25) is 0 Å². The molecule has 1 aromatic carbocycles. The number of anilines is 1. The first-order chi connectivity index (χ1) is 14.1. The summed E-state index contributed by atoms with van der Waals surface area (Å²) in [6, 6.07) is 8.14. The molecule has 1 amide bonds. The maximum Gasteiger partial charge on any atom is 0.416 e. The molecule has 2 aliphatic rings. The number of nitriles is 2. The fourth-order valence-corrected chi connectivity index (χ4v) is 4.93. The monoisotopic (exact) mass is 411 g/mol. The summed E-state index contributed by atoms with van der Waals surface area (Å²) in [6.07, 6.45) is -3.48. The highest BCUT2D eigenvalue weighted by Crippen LogP contribution is 2.67. The number of hydrogen-bond acceptors (Lipinski definition) is 5. The van der Waals surface area contributed by atoms with Crippen LogP contribution < -0.4 is 5.32 Å². The van der Waals surface area contributed by atoms with E-state index in [4.69, 9.17) is 0 Å². The van der Waals surface area contributed by atoms with Crippen molar-refractivity contribution in [2.45, 2.75) is 44.2 Å². The van der Waals surface area contributed by atoms with E-state index in [1.165, 1.54) is 12.1 Å².